The lowest BCUT2D eigenvalue weighted by Crippen LogP contribution is -2.27. The van der Waals surface area contributed by atoms with Crippen LogP contribution in [-0.4, -0.2) is 23.6 Å². The van der Waals surface area contributed by atoms with E-state index in [0.717, 1.165) is 5.56 Å². The van der Waals surface area contributed by atoms with Crippen LogP contribution in [0.3, 0.4) is 0 Å². The first-order valence-corrected chi connectivity index (χ1v) is 8.63. The van der Waals surface area contributed by atoms with Crippen LogP contribution in [0.1, 0.15) is 32.3 Å². The number of aromatic nitrogens is 1. The molecule has 8 heteroatoms. The Balaban J connectivity index is 1.36. The van der Waals surface area contributed by atoms with Crippen molar-refractivity contribution >= 4 is 11.8 Å². The van der Waals surface area contributed by atoms with Gasteiger partial charge in [-0.1, -0.05) is 12.1 Å². The fourth-order valence-electron chi connectivity index (χ4n) is 2.68. The number of carbonyl (C=O) groups is 2. The number of carbonyl (C=O) groups excluding carboxylic acids is 2. The molecule has 0 saturated carbocycles. The number of rotatable bonds is 6. The van der Waals surface area contributed by atoms with Gasteiger partial charge in [-0.25, -0.2) is 4.98 Å². The number of amides is 2. The Kier molecular flexibility index (Phi) is 4.92. The van der Waals surface area contributed by atoms with Crippen molar-refractivity contribution in [3.8, 4) is 11.5 Å². The summed E-state index contributed by atoms with van der Waals surface area (Å²) in [4.78, 5) is 28.8. The van der Waals surface area contributed by atoms with E-state index in [9.17, 15) is 9.59 Å². The van der Waals surface area contributed by atoms with Crippen LogP contribution in [0.15, 0.2) is 59.2 Å². The molecule has 0 saturated heterocycles. The van der Waals surface area contributed by atoms with Crippen molar-refractivity contribution in [2.75, 3.05) is 6.79 Å². The van der Waals surface area contributed by atoms with E-state index in [0.29, 0.717) is 23.8 Å². The third-order valence-electron chi connectivity index (χ3n) is 4.11. The number of nitrogens with zero attached hydrogens (tertiary/aromatic N) is 1. The summed E-state index contributed by atoms with van der Waals surface area (Å²) in [6, 6.07) is 13.7. The van der Waals surface area contributed by atoms with E-state index >= 15 is 0 Å². The molecule has 1 aliphatic heterocycles. The first-order chi connectivity index (χ1) is 13.7. The third-order valence-corrected chi connectivity index (χ3v) is 4.11. The minimum atomic E-state index is -0.387. The summed E-state index contributed by atoms with van der Waals surface area (Å²) in [5.74, 6) is 1.20. The Morgan fingerprint density at radius 1 is 0.893 bits per heavy atom. The summed E-state index contributed by atoms with van der Waals surface area (Å²) >= 11 is 0. The molecule has 0 radical (unpaired) electrons. The van der Waals surface area contributed by atoms with E-state index in [1.807, 2.05) is 12.1 Å². The molecular weight excluding hydrogens is 362 g/mol. The molecule has 2 amide bonds. The molecule has 8 nitrogen and oxygen atoms in total. The van der Waals surface area contributed by atoms with Gasteiger partial charge in [0.25, 0.3) is 11.8 Å². The van der Waals surface area contributed by atoms with Crippen LogP contribution in [0.4, 0.5) is 0 Å². The van der Waals surface area contributed by atoms with Crippen LogP contribution in [-0.2, 0) is 13.1 Å². The quantitative estimate of drug-likeness (QED) is 0.681. The Morgan fingerprint density at radius 2 is 1.64 bits per heavy atom. The Morgan fingerprint density at radius 3 is 2.39 bits per heavy atom. The number of ether oxygens (including phenoxy) is 2. The SMILES string of the molecule is O=C(NCc1ccc2c(c1)OCO2)c1cccc(C(=O)NCc2ccco2)n1. The number of furan rings is 1. The highest BCUT2D eigenvalue weighted by molar-refractivity contribution is 5.96. The molecule has 3 aromatic rings. The van der Waals surface area contributed by atoms with Crippen LogP contribution >= 0.6 is 0 Å². The van der Waals surface area contributed by atoms with Gasteiger partial charge >= 0.3 is 0 Å². The summed E-state index contributed by atoms with van der Waals surface area (Å²) < 4.78 is 15.8. The van der Waals surface area contributed by atoms with Crippen LogP contribution in [0.5, 0.6) is 11.5 Å². The van der Waals surface area contributed by atoms with Crippen molar-refractivity contribution in [1.82, 2.24) is 15.6 Å². The van der Waals surface area contributed by atoms with Crippen molar-refractivity contribution in [2.45, 2.75) is 13.1 Å². The molecule has 28 heavy (non-hydrogen) atoms. The topological polar surface area (TPSA) is 103 Å². The molecule has 0 spiro atoms. The van der Waals surface area contributed by atoms with Crippen LogP contribution in [0.25, 0.3) is 0 Å². The third kappa shape index (κ3) is 3.96. The predicted molar refractivity (Wildman–Crippen MR) is 97.9 cm³/mol. The Bertz CT molecular complexity index is 1000. The van der Waals surface area contributed by atoms with Gasteiger partial charge in [-0.15, -0.1) is 0 Å². The van der Waals surface area contributed by atoms with Crippen molar-refractivity contribution in [1.29, 1.82) is 0 Å². The molecule has 1 aromatic carbocycles. The predicted octanol–water partition coefficient (Wildman–Crippen LogP) is 2.26. The van der Waals surface area contributed by atoms with Gasteiger partial charge in [-0.3, -0.25) is 9.59 Å². The monoisotopic (exact) mass is 379 g/mol. The molecule has 4 rings (SSSR count). The number of hydrogen-bond acceptors (Lipinski definition) is 6. The molecule has 0 bridgehead atoms. The van der Waals surface area contributed by atoms with E-state index in [2.05, 4.69) is 15.6 Å². The van der Waals surface area contributed by atoms with Crippen molar-refractivity contribution in [2.24, 2.45) is 0 Å². The zero-order valence-corrected chi connectivity index (χ0v) is 14.8. The minimum Gasteiger partial charge on any atom is -0.467 e. The molecule has 2 aromatic heterocycles. The summed E-state index contributed by atoms with van der Waals surface area (Å²) in [6.45, 7) is 0.740. The summed E-state index contributed by atoms with van der Waals surface area (Å²) in [7, 11) is 0. The zero-order chi connectivity index (χ0) is 19.3. The van der Waals surface area contributed by atoms with E-state index in [-0.39, 0.29) is 36.5 Å². The van der Waals surface area contributed by atoms with Gasteiger partial charge in [-0.2, -0.15) is 0 Å². The molecule has 0 atom stereocenters. The molecule has 0 aliphatic carbocycles. The van der Waals surface area contributed by atoms with Gasteiger partial charge in [-0.05, 0) is 42.0 Å². The maximum absolute atomic E-state index is 12.4. The number of fused-ring (bicyclic) bond motifs is 1. The largest absolute Gasteiger partial charge is 0.467 e. The molecule has 0 fully saturated rings. The zero-order valence-electron chi connectivity index (χ0n) is 14.8. The summed E-state index contributed by atoms with van der Waals surface area (Å²) in [5, 5.41) is 5.48. The second-order valence-electron chi connectivity index (χ2n) is 6.04. The van der Waals surface area contributed by atoms with E-state index < -0.39 is 0 Å². The molecule has 1 aliphatic rings. The first-order valence-electron chi connectivity index (χ1n) is 8.63. The molecule has 2 N–H and O–H groups in total. The van der Waals surface area contributed by atoms with Crippen LogP contribution in [0.2, 0.25) is 0 Å². The molecule has 3 heterocycles. The van der Waals surface area contributed by atoms with E-state index in [4.69, 9.17) is 13.9 Å². The lowest BCUT2D eigenvalue weighted by Gasteiger charge is -2.07. The Hall–Kier alpha value is -3.81. The van der Waals surface area contributed by atoms with Crippen molar-refractivity contribution in [3.05, 3.63) is 77.5 Å². The fraction of sp³-hybridized carbons (Fsp3) is 0.150. The second-order valence-corrected chi connectivity index (χ2v) is 6.04. The standard InChI is InChI=1S/C20H17N3O5/c24-19(21-10-13-6-7-17-18(9-13)28-12-27-17)15-4-1-5-16(23-15)20(25)22-11-14-3-2-8-26-14/h1-9H,10-12H2,(H,21,24)(H,22,25). The first kappa shape index (κ1) is 17.6. The van der Waals surface area contributed by atoms with E-state index in [1.165, 1.54) is 6.26 Å². The summed E-state index contributed by atoms with van der Waals surface area (Å²) in [6.07, 6.45) is 1.53. The normalized spacial score (nSPS) is 11.9. The Labute approximate surface area is 160 Å². The molecule has 142 valence electrons. The maximum Gasteiger partial charge on any atom is 0.270 e. The van der Waals surface area contributed by atoms with Gasteiger partial charge in [0.2, 0.25) is 6.79 Å². The van der Waals surface area contributed by atoms with Crippen molar-refractivity contribution in [3.63, 3.8) is 0 Å². The molecular formula is C20H17N3O5. The number of nitrogens with one attached hydrogen (secondary N) is 2. The van der Waals surface area contributed by atoms with Crippen molar-refractivity contribution < 1.29 is 23.5 Å². The fourth-order valence-corrected chi connectivity index (χ4v) is 2.68. The summed E-state index contributed by atoms with van der Waals surface area (Å²) in [5.41, 5.74) is 1.18. The number of hydrogen-bond donors (Lipinski definition) is 2. The smallest absolute Gasteiger partial charge is 0.270 e. The average Bonchev–Trinajstić information content (AvgIpc) is 3.41. The van der Waals surface area contributed by atoms with E-state index in [1.54, 1.807) is 36.4 Å². The second kappa shape index (κ2) is 7.83. The van der Waals surface area contributed by atoms with Gasteiger partial charge in [0, 0.05) is 6.54 Å². The van der Waals surface area contributed by atoms with Gasteiger partial charge in [0.05, 0.1) is 12.8 Å². The number of pyridine rings is 1. The highest BCUT2D eigenvalue weighted by atomic mass is 16.7. The van der Waals surface area contributed by atoms with Gasteiger partial charge in [0.15, 0.2) is 11.5 Å². The van der Waals surface area contributed by atoms with Gasteiger partial charge in [0.1, 0.15) is 17.1 Å². The lowest BCUT2D eigenvalue weighted by molar-refractivity contribution is 0.0939. The number of benzene rings is 1. The van der Waals surface area contributed by atoms with Crippen LogP contribution < -0.4 is 20.1 Å². The lowest BCUT2D eigenvalue weighted by atomic mass is 10.2. The average molecular weight is 379 g/mol. The minimum absolute atomic E-state index is 0.155. The molecule has 0 unspecified atom stereocenters. The highest BCUT2D eigenvalue weighted by Crippen LogP contribution is 2.32. The maximum atomic E-state index is 12.4. The highest BCUT2D eigenvalue weighted by Gasteiger charge is 2.15. The van der Waals surface area contributed by atoms with Gasteiger partial charge < -0.3 is 24.5 Å². The van der Waals surface area contributed by atoms with Crippen LogP contribution in [0, 0.1) is 0 Å².